The monoisotopic (exact) mass is 415 g/mol. The van der Waals surface area contributed by atoms with Crippen molar-refractivity contribution in [2.24, 2.45) is 0 Å². The van der Waals surface area contributed by atoms with E-state index in [0.29, 0.717) is 5.52 Å². The van der Waals surface area contributed by atoms with Crippen LogP contribution in [-0.2, 0) is 20.7 Å². The number of carbonyl (C=O) groups excluding carboxylic acids is 2. The van der Waals surface area contributed by atoms with Crippen LogP contribution in [0.5, 0.6) is 5.88 Å². The summed E-state index contributed by atoms with van der Waals surface area (Å²) in [6.07, 6.45) is -5.01. The molecule has 29 heavy (non-hydrogen) atoms. The fraction of sp³-hybridized carbons (Fsp3) is 0.444. The Kier molecular flexibility index (Phi) is 5.96. The van der Waals surface area contributed by atoms with Gasteiger partial charge in [-0.1, -0.05) is 0 Å². The number of ketones is 1. The van der Waals surface area contributed by atoms with E-state index >= 15 is 0 Å². The van der Waals surface area contributed by atoms with E-state index in [9.17, 15) is 27.2 Å². The third-order valence-corrected chi connectivity index (χ3v) is 4.53. The molecule has 0 unspecified atom stereocenters. The Hall–Kier alpha value is -2.82. The van der Waals surface area contributed by atoms with E-state index in [1.807, 2.05) is 5.32 Å². The first-order valence-electron chi connectivity index (χ1n) is 8.69. The second-order valence-electron chi connectivity index (χ2n) is 6.52. The van der Waals surface area contributed by atoms with Gasteiger partial charge in [-0.2, -0.15) is 13.2 Å². The van der Waals surface area contributed by atoms with Crippen molar-refractivity contribution in [2.45, 2.75) is 37.6 Å². The summed E-state index contributed by atoms with van der Waals surface area (Å²) >= 11 is 0. The largest absolute Gasteiger partial charge is 0.481 e. The molecule has 0 aliphatic carbocycles. The topological polar surface area (TPSA) is 90.4 Å². The van der Waals surface area contributed by atoms with Gasteiger partial charge in [-0.3, -0.25) is 14.6 Å². The van der Waals surface area contributed by atoms with Crippen molar-refractivity contribution in [1.29, 1.82) is 0 Å². The highest BCUT2D eigenvalue weighted by Crippen LogP contribution is 2.24. The van der Waals surface area contributed by atoms with Crippen LogP contribution in [0.1, 0.15) is 18.4 Å². The summed E-state index contributed by atoms with van der Waals surface area (Å²) < 4.78 is 61.6. The van der Waals surface area contributed by atoms with Crippen molar-refractivity contribution in [3.8, 4) is 5.88 Å². The van der Waals surface area contributed by atoms with E-state index in [1.54, 1.807) is 12.1 Å². The molecule has 0 radical (unpaired) electrons. The number of methoxy groups -OCH3 is 1. The number of rotatable bonds is 5. The van der Waals surface area contributed by atoms with Crippen molar-refractivity contribution in [1.82, 2.24) is 15.3 Å². The molecule has 0 spiro atoms. The number of hydrogen-bond acceptors (Lipinski definition) is 6. The van der Waals surface area contributed by atoms with Crippen molar-refractivity contribution < 1.29 is 36.6 Å². The number of pyridine rings is 2. The molecule has 156 valence electrons. The number of nitrogens with one attached hydrogen (secondary N) is 1. The number of halogens is 4. The average molecular weight is 415 g/mol. The second-order valence-corrected chi connectivity index (χ2v) is 6.52. The van der Waals surface area contributed by atoms with Crippen LogP contribution in [0.25, 0.3) is 11.0 Å². The molecule has 1 aliphatic rings. The molecular formula is C18H17F4N3O4. The Morgan fingerprint density at radius 1 is 1.31 bits per heavy atom. The summed E-state index contributed by atoms with van der Waals surface area (Å²) in [5.41, 5.74) is 0.605. The van der Waals surface area contributed by atoms with E-state index in [1.165, 1.54) is 7.11 Å². The van der Waals surface area contributed by atoms with Crippen LogP contribution in [0.2, 0.25) is 0 Å². The number of Topliss-reactive ketones (excluding diaryl/α,β-unsaturated/α-hetero) is 1. The van der Waals surface area contributed by atoms with Gasteiger partial charge in [0.25, 0.3) is 0 Å². The first-order chi connectivity index (χ1) is 13.7. The van der Waals surface area contributed by atoms with Gasteiger partial charge in [0.1, 0.15) is 11.9 Å². The highest BCUT2D eigenvalue weighted by Gasteiger charge is 2.40. The highest BCUT2D eigenvalue weighted by atomic mass is 19.4. The van der Waals surface area contributed by atoms with E-state index in [4.69, 9.17) is 9.47 Å². The summed E-state index contributed by atoms with van der Waals surface area (Å²) in [6.45, 7) is -0.246. The molecule has 1 N–H and O–H groups in total. The second kappa shape index (κ2) is 8.27. The number of amides is 1. The molecule has 2 aromatic heterocycles. The Bertz CT molecular complexity index is 927. The normalized spacial score (nSPS) is 19.8. The fourth-order valence-electron chi connectivity index (χ4n) is 3.03. The number of alkyl halides is 3. The van der Waals surface area contributed by atoms with Crippen molar-refractivity contribution >= 4 is 22.7 Å². The number of nitrogens with zero attached hydrogens (tertiary/aromatic N) is 2. The molecule has 0 saturated carbocycles. The molecule has 3 heterocycles. The molecule has 1 fully saturated rings. The van der Waals surface area contributed by atoms with Crippen molar-refractivity contribution in [3.05, 3.63) is 29.7 Å². The molecule has 0 bridgehead atoms. The van der Waals surface area contributed by atoms with Crippen LogP contribution in [0.3, 0.4) is 0 Å². The Labute approximate surface area is 162 Å². The van der Waals surface area contributed by atoms with Gasteiger partial charge in [0.2, 0.25) is 5.88 Å². The third kappa shape index (κ3) is 4.78. The number of ether oxygens (including phenoxy) is 2. The first-order valence-corrected chi connectivity index (χ1v) is 8.69. The summed E-state index contributed by atoms with van der Waals surface area (Å²) in [7, 11) is 1.40. The van der Waals surface area contributed by atoms with Gasteiger partial charge < -0.3 is 14.8 Å². The Balaban J connectivity index is 1.67. The summed E-state index contributed by atoms with van der Waals surface area (Å²) in [4.78, 5) is 31.6. The first kappa shape index (κ1) is 20.9. The zero-order valence-corrected chi connectivity index (χ0v) is 15.3. The maximum absolute atomic E-state index is 14.3. The SMILES string of the molecule is COc1ccc2ncc(F)c(CC(=O)[C@@H]3CC[C@@H](NC(=O)C(F)(F)F)CO3)c2n1. The molecule has 11 heteroatoms. The lowest BCUT2D eigenvalue weighted by molar-refractivity contribution is -0.175. The van der Waals surface area contributed by atoms with Gasteiger partial charge in [0.15, 0.2) is 5.78 Å². The fourth-order valence-corrected chi connectivity index (χ4v) is 3.03. The van der Waals surface area contributed by atoms with Gasteiger partial charge >= 0.3 is 12.1 Å². The molecular weight excluding hydrogens is 398 g/mol. The molecule has 0 aromatic carbocycles. The molecule has 7 nitrogen and oxygen atoms in total. The predicted octanol–water partition coefficient (Wildman–Crippen LogP) is 2.12. The van der Waals surface area contributed by atoms with E-state index in [0.717, 1.165) is 6.20 Å². The molecule has 3 rings (SSSR count). The van der Waals surface area contributed by atoms with Crippen LogP contribution in [0, 0.1) is 5.82 Å². The number of fused-ring (bicyclic) bond motifs is 1. The van der Waals surface area contributed by atoms with Gasteiger partial charge in [-0.05, 0) is 18.9 Å². The van der Waals surface area contributed by atoms with Crippen molar-refractivity contribution in [3.63, 3.8) is 0 Å². The van der Waals surface area contributed by atoms with Gasteiger partial charge in [-0.25, -0.2) is 9.37 Å². The van der Waals surface area contributed by atoms with E-state index in [2.05, 4.69) is 9.97 Å². The standard InChI is InChI=1S/C18H17F4N3O4/c1-28-15-5-3-12-16(25-15)10(11(19)7-23-12)6-13(26)14-4-2-9(8-29-14)24-17(27)18(20,21)22/h3,5,7,9,14H,2,4,6,8H2,1H3,(H,24,27)/t9-,14+/m1/s1. The minimum atomic E-state index is -4.99. The molecule has 1 amide bonds. The lowest BCUT2D eigenvalue weighted by atomic mass is 9.97. The summed E-state index contributed by atoms with van der Waals surface area (Å²) in [6, 6.07) is 2.29. The van der Waals surface area contributed by atoms with E-state index in [-0.39, 0.29) is 42.8 Å². The summed E-state index contributed by atoms with van der Waals surface area (Å²) in [5, 5.41) is 1.82. The lowest BCUT2D eigenvalue weighted by Gasteiger charge is -2.29. The lowest BCUT2D eigenvalue weighted by Crippen LogP contribution is -2.48. The van der Waals surface area contributed by atoms with Crippen LogP contribution in [0.4, 0.5) is 17.6 Å². The predicted molar refractivity (Wildman–Crippen MR) is 91.7 cm³/mol. The smallest absolute Gasteiger partial charge is 0.471 e. The average Bonchev–Trinajstić information content (AvgIpc) is 2.69. The van der Waals surface area contributed by atoms with Crippen LogP contribution >= 0.6 is 0 Å². The van der Waals surface area contributed by atoms with Gasteiger partial charge in [0.05, 0.1) is 37.0 Å². The molecule has 2 atom stereocenters. The minimum Gasteiger partial charge on any atom is -0.481 e. The van der Waals surface area contributed by atoms with Crippen LogP contribution in [-0.4, -0.2) is 53.7 Å². The van der Waals surface area contributed by atoms with Gasteiger partial charge in [-0.15, -0.1) is 0 Å². The molecule has 1 aliphatic heterocycles. The highest BCUT2D eigenvalue weighted by molar-refractivity contribution is 5.90. The number of hydrogen-bond donors (Lipinski definition) is 1. The van der Waals surface area contributed by atoms with Crippen molar-refractivity contribution in [2.75, 3.05) is 13.7 Å². The quantitative estimate of drug-likeness (QED) is 0.753. The maximum atomic E-state index is 14.3. The van der Waals surface area contributed by atoms with Gasteiger partial charge in [0, 0.05) is 18.1 Å². The maximum Gasteiger partial charge on any atom is 0.471 e. The molecule has 1 saturated heterocycles. The van der Waals surface area contributed by atoms with E-state index < -0.39 is 35.8 Å². The zero-order valence-electron chi connectivity index (χ0n) is 15.3. The minimum absolute atomic E-state index is 0.0370. The summed E-state index contributed by atoms with van der Waals surface area (Å²) in [5.74, 6) is -2.98. The number of carbonyl (C=O) groups is 2. The number of aromatic nitrogens is 2. The Morgan fingerprint density at radius 2 is 2.07 bits per heavy atom. The van der Waals surface area contributed by atoms with Crippen LogP contribution in [0.15, 0.2) is 18.3 Å². The zero-order chi connectivity index (χ0) is 21.2. The third-order valence-electron chi connectivity index (χ3n) is 4.53. The molecule has 2 aromatic rings. The Morgan fingerprint density at radius 3 is 2.69 bits per heavy atom. The van der Waals surface area contributed by atoms with Crippen LogP contribution < -0.4 is 10.1 Å².